The lowest BCUT2D eigenvalue weighted by molar-refractivity contribution is 0.465. The van der Waals surface area contributed by atoms with Gasteiger partial charge in [-0.15, -0.1) is 11.3 Å². The van der Waals surface area contributed by atoms with Crippen LogP contribution in [0.5, 0.6) is 0 Å². The largest absolute Gasteiger partial charge is 0.306 e. The lowest BCUT2D eigenvalue weighted by Gasteiger charge is -2.23. The van der Waals surface area contributed by atoms with Crippen LogP contribution in [-0.2, 0) is 12.8 Å². The van der Waals surface area contributed by atoms with Gasteiger partial charge in [0.2, 0.25) is 0 Å². The van der Waals surface area contributed by atoms with Crippen LogP contribution in [0.25, 0.3) is 0 Å². The van der Waals surface area contributed by atoms with Gasteiger partial charge in [-0.05, 0) is 50.2 Å². The molecule has 1 N–H and O–H groups in total. The molecule has 1 aromatic heterocycles. The van der Waals surface area contributed by atoms with Crippen LogP contribution in [-0.4, -0.2) is 6.04 Å². The smallest absolute Gasteiger partial charge is 0.0419 e. The normalized spacial score (nSPS) is 25.3. The molecule has 1 nitrogen and oxygen atoms in total. The molecule has 0 spiro atoms. The van der Waals surface area contributed by atoms with Crippen molar-refractivity contribution in [2.75, 3.05) is 0 Å². The van der Waals surface area contributed by atoms with Crippen LogP contribution in [0.2, 0.25) is 0 Å². The third kappa shape index (κ3) is 1.98. The average molecular weight is 221 g/mol. The Kier molecular flexibility index (Phi) is 2.57. The second kappa shape index (κ2) is 3.91. The monoisotopic (exact) mass is 221 g/mol. The first-order valence-corrected chi connectivity index (χ1v) is 7.06. The number of thiophene rings is 1. The van der Waals surface area contributed by atoms with Crippen LogP contribution in [0.15, 0.2) is 6.07 Å². The summed E-state index contributed by atoms with van der Waals surface area (Å²) in [5.41, 5.74) is 1.64. The maximum absolute atomic E-state index is 3.80. The summed E-state index contributed by atoms with van der Waals surface area (Å²) in [7, 11) is 0. The van der Waals surface area contributed by atoms with Gasteiger partial charge in [0, 0.05) is 21.8 Å². The summed E-state index contributed by atoms with van der Waals surface area (Å²) in [4.78, 5) is 3.23. The van der Waals surface area contributed by atoms with Crippen molar-refractivity contribution in [3.05, 3.63) is 21.4 Å². The molecule has 2 aliphatic carbocycles. The lowest BCUT2D eigenvalue weighted by atomic mass is 9.94. The van der Waals surface area contributed by atoms with E-state index in [9.17, 15) is 0 Å². The summed E-state index contributed by atoms with van der Waals surface area (Å²) in [6, 6.07) is 3.97. The van der Waals surface area contributed by atoms with E-state index < -0.39 is 0 Å². The third-order valence-corrected chi connectivity index (χ3v) is 4.95. The van der Waals surface area contributed by atoms with Gasteiger partial charge in [-0.2, -0.15) is 0 Å². The maximum atomic E-state index is 3.80. The van der Waals surface area contributed by atoms with Gasteiger partial charge in [-0.3, -0.25) is 0 Å². The Bertz CT molecular complexity index is 351. The van der Waals surface area contributed by atoms with Gasteiger partial charge < -0.3 is 5.32 Å². The molecule has 0 aromatic carbocycles. The van der Waals surface area contributed by atoms with Crippen molar-refractivity contribution in [1.82, 2.24) is 5.32 Å². The Hall–Kier alpha value is -0.340. The minimum absolute atomic E-state index is 0.687. The van der Waals surface area contributed by atoms with Crippen molar-refractivity contribution < 1.29 is 0 Å². The first-order chi connectivity index (χ1) is 7.36. The van der Waals surface area contributed by atoms with Crippen LogP contribution < -0.4 is 5.32 Å². The Morgan fingerprint density at radius 3 is 3.00 bits per heavy atom. The minimum atomic E-state index is 0.687. The molecule has 0 amide bonds. The number of rotatable bonds is 3. The van der Waals surface area contributed by atoms with Crippen LogP contribution in [0, 0.1) is 0 Å². The zero-order valence-electron chi connectivity index (χ0n) is 9.38. The van der Waals surface area contributed by atoms with E-state index in [0.717, 1.165) is 6.04 Å². The zero-order chi connectivity index (χ0) is 10.3. The van der Waals surface area contributed by atoms with Gasteiger partial charge in [-0.1, -0.05) is 6.92 Å². The van der Waals surface area contributed by atoms with Crippen molar-refractivity contribution in [2.24, 2.45) is 0 Å². The van der Waals surface area contributed by atoms with E-state index in [0.29, 0.717) is 6.04 Å². The maximum Gasteiger partial charge on any atom is 0.0419 e. The summed E-state index contributed by atoms with van der Waals surface area (Å²) in [6.07, 6.45) is 8.04. The van der Waals surface area contributed by atoms with Crippen LogP contribution in [0.3, 0.4) is 0 Å². The first-order valence-electron chi connectivity index (χ1n) is 6.24. The molecule has 82 valence electrons. The summed E-state index contributed by atoms with van der Waals surface area (Å²) >= 11 is 2.05. The molecule has 3 rings (SSSR count). The van der Waals surface area contributed by atoms with E-state index in [-0.39, 0.29) is 0 Å². The summed E-state index contributed by atoms with van der Waals surface area (Å²) in [6.45, 7) is 2.26. The van der Waals surface area contributed by atoms with Crippen LogP contribution >= 0.6 is 11.3 Å². The number of hydrogen-bond acceptors (Lipinski definition) is 2. The molecule has 2 heteroatoms. The highest BCUT2D eigenvalue weighted by Gasteiger charge is 2.29. The summed E-state index contributed by atoms with van der Waals surface area (Å²) < 4.78 is 0. The Morgan fingerprint density at radius 2 is 2.27 bits per heavy atom. The van der Waals surface area contributed by atoms with Crippen molar-refractivity contribution in [3.63, 3.8) is 0 Å². The summed E-state index contributed by atoms with van der Waals surface area (Å²) in [5.74, 6) is 0. The summed E-state index contributed by atoms with van der Waals surface area (Å²) in [5, 5.41) is 3.80. The fourth-order valence-corrected chi connectivity index (χ4v) is 3.74. The molecule has 2 aliphatic rings. The quantitative estimate of drug-likeness (QED) is 0.824. The predicted molar refractivity (Wildman–Crippen MR) is 65.5 cm³/mol. The Balaban J connectivity index is 1.83. The number of hydrogen-bond donors (Lipinski definition) is 1. The van der Waals surface area contributed by atoms with Gasteiger partial charge in [-0.25, -0.2) is 0 Å². The molecular formula is C13H19NS. The third-order valence-electron chi connectivity index (χ3n) is 3.51. The highest BCUT2D eigenvalue weighted by atomic mass is 32.1. The highest BCUT2D eigenvalue weighted by Crippen LogP contribution is 2.38. The van der Waals surface area contributed by atoms with Gasteiger partial charge >= 0.3 is 0 Å². The molecule has 1 saturated carbocycles. The molecule has 0 bridgehead atoms. The van der Waals surface area contributed by atoms with E-state index in [2.05, 4.69) is 29.6 Å². The number of aryl methyl sites for hydroxylation is 2. The van der Waals surface area contributed by atoms with E-state index in [4.69, 9.17) is 0 Å². The van der Waals surface area contributed by atoms with Crippen molar-refractivity contribution in [3.8, 4) is 0 Å². The molecule has 1 heterocycles. The molecule has 0 saturated heterocycles. The molecule has 1 atom stereocenters. The van der Waals surface area contributed by atoms with Crippen LogP contribution in [0.1, 0.15) is 54.0 Å². The SMILES string of the molecule is CCc1cc2c(s1)C(NC1CC1)CCC2. The van der Waals surface area contributed by atoms with E-state index in [1.807, 2.05) is 0 Å². The molecule has 1 fully saturated rings. The molecular weight excluding hydrogens is 202 g/mol. The van der Waals surface area contributed by atoms with Gasteiger partial charge in [0.25, 0.3) is 0 Å². The Labute approximate surface area is 95.9 Å². The first kappa shape index (κ1) is 9.86. The van der Waals surface area contributed by atoms with Crippen molar-refractivity contribution >= 4 is 11.3 Å². The standard InChI is InChI=1S/C13H19NS/c1-2-11-8-9-4-3-5-12(13(9)15-11)14-10-6-7-10/h8,10,12,14H,2-7H2,1H3. The number of nitrogens with one attached hydrogen (secondary N) is 1. The minimum Gasteiger partial charge on any atom is -0.306 e. The van der Waals surface area contributed by atoms with E-state index in [1.54, 1.807) is 15.3 Å². The topological polar surface area (TPSA) is 12.0 Å². The van der Waals surface area contributed by atoms with Crippen molar-refractivity contribution in [1.29, 1.82) is 0 Å². The highest BCUT2D eigenvalue weighted by molar-refractivity contribution is 7.12. The van der Waals surface area contributed by atoms with Gasteiger partial charge in [0.15, 0.2) is 0 Å². The fraction of sp³-hybridized carbons (Fsp3) is 0.692. The molecule has 1 unspecified atom stereocenters. The average Bonchev–Trinajstić information content (AvgIpc) is 2.96. The molecule has 0 aliphatic heterocycles. The Morgan fingerprint density at radius 1 is 1.40 bits per heavy atom. The zero-order valence-corrected chi connectivity index (χ0v) is 10.2. The number of fused-ring (bicyclic) bond motifs is 1. The fourth-order valence-electron chi connectivity index (χ4n) is 2.49. The molecule has 0 radical (unpaired) electrons. The second-order valence-electron chi connectivity index (χ2n) is 4.84. The van der Waals surface area contributed by atoms with Crippen LogP contribution in [0.4, 0.5) is 0 Å². The predicted octanol–water partition coefficient (Wildman–Crippen LogP) is 3.44. The van der Waals surface area contributed by atoms with E-state index in [1.165, 1.54) is 38.5 Å². The molecule has 1 aromatic rings. The second-order valence-corrected chi connectivity index (χ2v) is 6.01. The lowest BCUT2D eigenvalue weighted by Crippen LogP contribution is -2.25. The van der Waals surface area contributed by atoms with Gasteiger partial charge in [0.1, 0.15) is 0 Å². The van der Waals surface area contributed by atoms with Gasteiger partial charge in [0.05, 0.1) is 0 Å². The van der Waals surface area contributed by atoms with Crippen molar-refractivity contribution in [2.45, 2.75) is 57.5 Å². The molecule has 15 heavy (non-hydrogen) atoms. The van der Waals surface area contributed by atoms with E-state index >= 15 is 0 Å².